The number of fused-ring (bicyclic) bond motifs is 1. The lowest BCUT2D eigenvalue weighted by molar-refractivity contribution is -0.128. The van der Waals surface area contributed by atoms with E-state index in [1.807, 2.05) is 18.3 Å². The van der Waals surface area contributed by atoms with Crippen molar-refractivity contribution < 1.29 is 9.90 Å². The predicted molar refractivity (Wildman–Crippen MR) is 92.2 cm³/mol. The summed E-state index contributed by atoms with van der Waals surface area (Å²) in [5, 5.41) is 13.8. The molecule has 1 fully saturated rings. The molecule has 4 nitrogen and oxygen atoms in total. The standard InChI is InChI=1S/C19H26N2O2/c22-13-17(14-6-2-1-3-7-14)19(23)20-11-10-15-12-21-18-9-5-4-8-16(15)18/h4-5,8-9,12,14,17,21-22H,1-3,6-7,10-11,13H2,(H,20,23). The fourth-order valence-electron chi connectivity index (χ4n) is 3.77. The molecule has 1 aromatic carbocycles. The number of rotatable bonds is 6. The van der Waals surface area contributed by atoms with Gasteiger partial charge >= 0.3 is 0 Å². The Morgan fingerprint density at radius 1 is 1.26 bits per heavy atom. The van der Waals surface area contributed by atoms with Gasteiger partial charge in [-0.25, -0.2) is 0 Å². The molecule has 1 aromatic heterocycles. The number of carbonyl (C=O) groups is 1. The molecule has 23 heavy (non-hydrogen) atoms. The third-order valence-electron chi connectivity index (χ3n) is 5.12. The third kappa shape index (κ3) is 3.75. The zero-order valence-corrected chi connectivity index (χ0v) is 13.6. The first-order valence-electron chi connectivity index (χ1n) is 8.73. The number of hydrogen-bond acceptors (Lipinski definition) is 2. The zero-order chi connectivity index (χ0) is 16.1. The maximum atomic E-state index is 12.4. The van der Waals surface area contributed by atoms with Crippen molar-refractivity contribution in [2.45, 2.75) is 38.5 Å². The SMILES string of the molecule is O=C(NCCc1c[nH]c2ccccc12)C(CO)C1CCCCC1. The van der Waals surface area contributed by atoms with Crippen LogP contribution in [0.1, 0.15) is 37.7 Å². The van der Waals surface area contributed by atoms with Crippen LogP contribution in [-0.4, -0.2) is 29.1 Å². The van der Waals surface area contributed by atoms with Crippen molar-refractivity contribution in [3.8, 4) is 0 Å². The molecule has 1 aliphatic rings. The van der Waals surface area contributed by atoms with E-state index in [4.69, 9.17) is 0 Å². The van der Waals surface area contributed by atoms with Crippen LogP contribution in [-0.2, 0) is 11.2 Å². The summed E-state index contributed by atoms with van der Waals surface area (Å²) in [5.74, 6) is 0.124. The second kappa shape index (κ2) is 7.64. The lowest BCUT2D eigenvalue weighted by Crippen LogP contribution is -2.38. The van der Waals surface area contributed by atoms with Crippen molar-refractivity contribution in [1.29, 1.82) is 0 Å². The Morgan fingerprint density at radius 2 is 2.04 bits per heavy atom. The molecular formula is C19H26N2O2. The van der Waals surface area contributed by atoms with E-state index in [-0.39, 0.29) is 18.4 Å². The smallest absolute Gasteiger partial charge is 0.225 e. The van der Waals surface area contributed by atoms with Crippen LogP contribution in [0.25, 0.3) is 10.9 Å². The summed E-state index contributed by atoms with van der Waals surface area (Å²) < 4.78 is 0. The first-order chi connectivity index (χ1) is 11.3. The average molecular weight is 314 g/mol. The Kier molecular flexibility index (Phi) is 5.34. The molecule has 1 atom stereocenters. The fourth-order valence-corrected chi connectivity index (χ4v) is 3.77. The van der Waals surface area contributed by atoms with E-state index in [0.29, 0.717) is 12.5 Å². The highest BCUT2D eigenvalue weighted by molar-refractivity contribution is 5.83. The van der Waals surface area contributed by atoms with E-state index in [0.717, 1.165) is 24.8 Å². The number of amides is 1. The van der Waals surface area contributed by atoms with E-state index in [1.54, 1.807) is 0 Å². The quantitative estimate of drug-likeness (QED) is 0.767. The number of H-pyrrole nitrogens is 1. The minimum Gasteiger partial charge on any atom is -0.396 e. The normalized spacial score (nSPS) is 17.3. The van der Waals surface area contributed by atoms with Crippen molar-refractivity contribution >= 4 is 16.8 Å². The lowest BCUT2D eigenvalue weighted by Gasteiger charge is -2.28. The number of para-hydroxylation sites is 1. The van der Waals surface area contributed by atoms with E-state index in [1.165, 1.54) is 30.2 Å². The molecule has 2 aromatic rings. The Bertz CT molecular complexity index is 644. The second-order valence-electron chi connectivity index (χ2n) is 6.59. The highest BCUT2D eigenvalue weighted by Gasteiger charge is 2.28. The number of aromatic nitrogens is 1. The molecule has 0 spiro atoms. The third-order valence-corrected chi connectivity index (χ3v) is 5.12. The van der Waals surface area contributed by atoms with Gasteiger partial charge in [0.05, 0.1) is 12.5 Å². The van der Waals surface area contributed by atoms with Crippen molar-refractivity contribution in [3.05, 3.63) is 36.0 Å². The molecule has 1 aliphatic carbocycles. The summed E-state index contributed by atoms with van der Waals surface area (Å²) in [5.41, 5.74) is 2.35. The number of nitrogens with one attached hydrogen (secondary N) is 2. The minimum atomic E-state index is -0.238. The molecule has 3 N–H and O–H groups in total. The molecule has 1 heterocycles. The van der Waals surface area contributed by atoms with Gasteiger partial charge in [0.25, 0.3) is 0 Å². The molecule has 1 amide bonds. The number of aromatic amines is 1. The molecular weight excluding hydrogens is 288 g/mol. The highest BCUT2D eigenvalue weighted by atomic mass is 16.3. The van der Waals surface area contributed by atoms with Crippen LogP contribution in [0, 0.1) is 11.8 Å². The van der Waals surface area contributed by atoms with Crippen LogP contribution in [0.2, 0.25) is 0 Å². The molecule has 4 heteroatoms. The van der Waals surface area contributed by atoms with E-state index in [2.05, 4.69) is 22.4 Å². The molecule has 1 unspecified atom stereocenters. The van der Waals surface area contributed by atoms with Gasteiger partial charge in [0.1, 0.15) is 0 Å². The Morgan fingerprint density at radius 3 is 2.83 bits per heavy atom. The Hall–Kier alpha value is -1.81. The summed E-state index contributed by atoms with van der Waals surface area (Å²) in [7, 11) is 0. The van der Waals surface area contributed by atoms with Crippen molar-refractivity contribution in [1.82, 2.24) is 10.3 Å². The largest absolute Gasteiger partial charge is 0.396 e. The fraction of sp³-hybridized carbons (Fsp3) is 0.526. The van der Waals surface area contributed by atoms with Gasteiger partial charge in [-0.05, 0) is 36.8 Å². The highest BCUT2D eigenvalue weighted by Crippen LogP contribution is 2.30. The summed E-state index contributed by atoms with van der Waals surface area (Å²) in [6.45, 7) is 0.577. The van der Waals surface area contributed by atoms with Gasteiger partial charge < -0.3 is 15.4 Å². The number of carbonyl (C=O) groups excluding carboxylic acids is 1. The van der Waals surface area contributed by atoms with Crippen molar-refractivity contribution in [3.63, 3.8) is 0 Å². The molecule has 124 valence electrons. The first-order valence-corrected chi connectivity index (χ1v) is 8.73. The first kappa shape index (κ1) is 16.1. The van der Waals surface area contributed by atoms with Gasteiger partial charge in [-0.15, -0.1) is 0 Å². The van der Waals surface area contributed by atoms with Crippen LogP contribution in [0.3, 0.4) is 0 Å². The zero-order valence-electron chi connectivity index (χ0n) is 13.6. The molecule has 3 rings (SSSR count). The maximum absolute atomic E-state index is 12.4. The number of aliphatic hydroxyl groups excluding tert-OH is 1. The number of hydrogen-bond donors (Lipinski definition) is 3. The van der Waals surface area contributed by atoms with Crippen LogP contribution in [0.15, 0.2) is 30.5 Å². The van der Waals surface area contributed by atoms with Crippen molar-refractivity contribution in [2.75, 3.05) is 13.2 Å². The molecule has 0 bridgehead atoms. The van der Waals surface area contributed by atoms with E-state index < -0.39 is 0 Å². The summed E-state index contributed by atoms with van der Waals surface area (Å²) in [6.07, 6.45) is 8.59. The second-order valence-corrected chi connectivity index (χ2v) is 6.59. The Balaban J connectivity index is 1.53. The van der Waals surface area contributed by atoms with Gasteiger partial charge in [-0.2, -0.15) is 0 Å². The topological polar surface area (TPSA) is 65.1 Å². The molecule has 1 saturated carbocycles. The summed E-state index contributed by atoms with van der Waals surface area (Å²) in [6, 6.07) is 8.20. The maximum Gasteiger partial charge on any atom is 0.225 e. The van der Waals surface area contributed by atoms with Gasteiger partial charge in [0.2, 0.25) is 5.91 Å². The lowest BCUT2D eigenvalue weighted by atomic mass is 9.80. The van der Waals surface area contributed by atoms with Crippen molar-refractivity contribution in [2.24, 2.45) is 11.8 Å². The Labute approximate surface area is 137 Å². The number of benzene rings is 1. The minimum absolute atomic E-state index is 0.0132. The van der Waals surface area contributed by atoms with E-state index in [9.17, 15) is 9.90 Å². The summed E-state index contributed by atoms with van der Waals surface area (Å²) in [4.78, 5) is 15.6. The monoisotopic (exact) mass is 314 g/mol. The molecule has 0 radical (unpaired) electrons. The van der Waals surface area contributed by atoms with Crippen LogP contribution < -0.4 is 5.32 Å². The van der Waals surface area contributed by atoms with E-state index >= 15 is 0 Å². The van der Waals surface area contributed by atoms with Crippen LogP contribution in [0.4, 0.5) is 0 Å². The van der Waals surface area contributed by atoms with Gasteiger partial charge in [-0.1, -0.05) is 37.5 Å². The summed E-state index contributed by atoms with van der Waals surface area (Å²) >= 11 is 0. The molecule has 0 saturated heterocycles. The van der Waals surface area contributed by atoms with Gasteiger partial charge in [0, 0.05) is 23.6 Å². The average Bonchev–Trinajstić information content (AvgIpc) is 3.00. The van der Waals surface area contributed by atoms with Crippen LogP contribution >= 0.6 is 0 Å². The van der Waals surface area contributed by atoms with Gasteiger partial charge in [0.15, 0.2) is 0 Å². The van der Waals surface area contributed by atoms with Gasteiger partial charge in [-0.3, -0.25) is 4.79 Å². The molecule has 0 aliphatic heterocycles. The predicted octanol–water partition coefficient (Wildman–Crippen LogP) is 3.02. The number of aliphatic hydroxyl groups is 1. The van der Waals surface area contributed by atoms with Crippen LogP contribution in [0.5, 0.6) is 0 Å².